The van der Waals surface area contributed by atoms with Gasteiger partial charge >= 0.3 is 0 Å². The summed E-state index contributed by atoms with van der Waals surface area (Å²) in [5.74, 6) is 0. The molecule has 3 rings (SSSR count). The second kappa shape index (κ2) is 6.58. The Balaban J connectivity index is 1.40. The van der Waals surface area contributed by atoms with Gasteiger partial charge in [-0.05, 0) is 11.6 Å². The molecule has 2 aromatic heterocycles. The van der Waals surface area contributed by atoms with Gasteiger partial charge in [-0.2, -0.15) is 15.0 Å². The zero-order valence-corrected chi connectivity index (χ0v) is 11.6. The number of hydrogen-bond donors (Lipinski definition) is 0. The van der Waals surface area contributed by atoms with Crippen LogP contribution in [-0.4, -0.2) is 62.5 Å². The van der Waals surface area contributed by atoms with Gasteiger partial charge in [-0.1, -0.05) is 6.07 Å². The van der Waals surface area contributed by atoms with Gasteiger partial charge < -0.3 is 0 Å². The number of piperazine rings is 1. The molecule has 106 valence electrons. The third kappa shape index (κ3) is 3.61. The minimum Gasteiger partial charge on any atom is -0.299 e. The number of nitrogens with zero attached hydrogens (tertiary/aromatic N) is 6. The van der Waals surface area contributed by atoms with Crippen LogP contribution in [0.5, 0.6) is 0 Å². The first-order valence-electron chi connectivity index (χ1n) is 7.08. The second-order valence-corrected chi connectivity index (χ2v) is 5.10. The lowest BCUT2D eigenvalue weighted by atomic mass is 10.2. The molecule has 0 aromatic carbocycles. The third-order valence-corrected chi connectivity index (χ3v) is 3.68. The zero-order valence-electron chi connectivity index (χ0n) is 11.6. The highest BCUT2D eigenvalue weighted by Crippen LogP contribution is 2.07. The van der Waals surface area contributed by atoms with E-state index in [1.807, 2.05) is 18.5 Å². The summed E-state index contributed by atoms with van der Waals surface area (Å²) in [4.78, 5) is 10.9. The fraction of sp³-hybridized carbons (Fsp3) is 0.500. The summed E-state index contributed by atoms with van der Waals surface area (Å²) in [6.07, 6.45) is 7.23. The normalized spacial score (nSPS) is 17.4. The van der Waals surface area contributed by atoms with Crippen molar-refractivity contribution in [3.05, 3.63) is 42.5 Å². The van der Waals surface area contributed by atoms with Gasteiger partial charge in [0.25, 0.3) is 0 Å². The van der Waals surface area contributed by atoms with E-state index in [1.165, 1.54) is 5.56 Å². The van der Waals surface area contributed by atoms with Gasteiger partial charge in [0.05, 0.1) is 18.9 Å². The van der Waals surface area contributed by atoms with Crippen molar-refractivity contribution in [3.63, 3.8) is 0 Å². The molecule has 3 heterocycles. The third-order valence-electron chi connectivity index (χ3n) is 3.68. The SMILES string of the molecule is c1cncc(CN2CCN(CCn3nccn3)CC2)c1. The average Bonchev–Trinajstić information content (AvgIpc) is 3.01. The quantitative estimate of drug-likeness (QED) is 0.793. The van der Waals surface area contributed by atoms with Crippen molar-refractivity contribution in [2.24, 2.45) is 0 Å². The van der Waals surface area contributed by atoms with Gasteiger partial charge in [0.2, 0.25) is 0 Å². The summed E-state index contributed by atoms with van der Waals surface area (Å²) >= 11 is 0. The molecular weight excluding hydrogens is 252 g/mol. The van der Waals surface area contributed by atoms with Crippen LogP contribution in [0.25, 0.3) is 0 Å². The van der Waals surface area contributed by atoms with Crippen molar-refractivity contribution in [2.75, 3.05) is 32.7 Å². The van der Waals surface area contributed by atoms with E-state index in [9.17, 15) is 0 Å². The largest absolute Gasteiger partial charge is 0.299 e. The molecule has 0 bridgehead atoms. The molecule has 0 spiro atoms. The summed E-state index contributed by atoms with van der Waals surface area (Å²) in [6, 6.07) is 4.14. The van der Waals surface area contributed by atoms with E-state index >= 15 is 0 Å². The van der Waals surface area contributed by atoms with Crippen LogP contribution in [0.4, 0.5) is 0 Å². The lowest BCUT2D eigenvalue weighted by Crippen LogP contribution is -2.46. The monoisotopic (exact) mass is 272 g/mol. The van der Waals surface area contributed by atoms with E-state index in [4.69, 9.17) is 0 Å². The first kappa shape index (κ1) is 13.2. The first-order valence-corrected chi connectivity index (χ1v) is 7.08. The second-order valence-electron chi connectivity index (χ2n) is 5.10. The highest BCUT2D eigenvalue weighted by atomic mass is 15.5. The smallest absolute Gasteiger partial charge is 0.0734 e. The Morgan fingerprint density at radius 1 is 0.900 bits per heavy atom. The Morgan fingerprint density at radius 2 is 1.65 bits per heavy atom. The molecule has 0 radical (unpaired) electrons. The Morgan fingerprint density at radius 3 is 2.35 bits per heavy atom. The Kier molecular flexibility index (Phi) is 4.35. The van der Waals surface area contributed by atoms with E-state index < -0.39 is 0 Å². The van der Waals surface area contributed by atoms with Gasteiger partial charge in [0.15, 0.2) is 0 Å². The van der Waals surface area contributed by atoms with E-state index in [0.29, 0.717) is 0 Å². The Labute approximate surface area is 119 Å². The van der Waals surface area contributed by atoms with Crippen LogP contribution in [0.2, 0.25) is 0 Å². The van der Waals surface area contributed by atoms with Gasteiger partial charge in [-0.25, -0.2) is 0 Å². The maximum atomic E-state index is 4.17. The molecule has 1 fully saturated rings. The van der Waals surface area contributed by atoms with Crippen LogP contribution in [-0.2, 0) is 13.1 Å². The van der Waals surface area contributed by atoms with Crippen LogP contribution >= 0.6 is 0 Å². The number of pyridine rings is 1. The fourth-order valence-corrected chi connectivity index (χ4v) is 2.51. The molecule has 6 nitrogen and oxygen atoms in total. The summed E-state index contributed by atoms with van der Waals surface area (Å²) in [5.41, 5.74) is 1.29. The van der Waals surface area contributed by atoms with E-state index in [0.717, 1.165) is 45.8 Å². The molecule has 0 saturated carbocycles. The van der Waals surface area contributed by atoms with Crippen LogP contribution in [0.3, 0.4) is 0 Å². The molecule has 0 amide bonds. The predicted molar refractivity (Wildman–Crippen MR) is 76.0 cm³/mol. The minimum atomic E-state index is 0.871. The molecule has 1 saturated heterocycles. The van der Waals surface area contributed by atoms with E-state index in [2.05, 4.69) is 31.0 Å². The van der Waals surface area contributed by atoms with Crippen molar-refractivity contribution in [1.29, 1.82) is 0 Å². The molecular formula is C14H20N6. The molecule has 0 N–H and O–H groups in total. The van der Waals surface area contributed by atoms with E-state index in [1.54, 1.807) is 17.2 Å². The van der Waals surface area contributed by atoms with Crippen molar-refractivity contribution in [2.45, 2.75) is 13.1 Å². The fourth-order valence-electron chi connectivity index (χ4n) is 2.51. The molecule has 0 unspecified atom stereocenters. The highest BCUT2D eigenvalue weighted by Gasteiger charge is 2.16. The molecule has 6 heteroatoms. The minimum absolute atomic E-state index is 0.871. The van der Waals surface area contributed by atoms with Crippen molar-refractivity contribution >= 4 is 0 Å². The first-order chi connectivity index (χ1) is 9.90. The summed E-state index contributed by atoms with van der Waals surface area (Å²) < 4.78 is 0. The van der Waals surface area contributed by atoms with Gasteiger partial charge in [0.1, 0.15) is 0 Å². The molecule has 0 atom stereocenters. The lowest BCUT2D eigenvalue weighted by Gasteiger charge is -2.34. The van der Waals surface area contributed by atoms with Gasteiger partial charge in [0, 0.05) is 51.7 Å². The molecule has 2 aromatic rings. The Bertz CT molecular complexity index is 490. The summed E-state index contributed by atoms with van der Waals surface area (Å²) in [6.45, 7) is 7.35. The average molecular weight is 272 g/mol. The van der Waals surface area contributed by atoms with Crippen molar-refractivity contribution < 1.29 is 0 Å². The molecule has 1 aliphatic rings. The number of aromatic nitrogens is 4. The molecule has 1 aliphatic heterocycles. The van der Waals surface area contributed by atoms with Gasteiger partial charge in [-0.15, -0.1) is 0 Å². The summed E-state index contributed by atoms with van der Waals surface area (Å²) in [7, 11) is 0. The molecule has 0 aliphatic carbocycles. The number of hydrogen-bond acceptors (Lipinski definition) is 5. The summed E-state index contributed by atoms with van der Waals surface area (Å²) in [5, 5.41) is 8.27. The van der Waals surface area contributed by atoms with Crippen LogP contribution < -0.4 is 0 Å². The van der Waals surface area contributed by atoms with Crippen LogP contribution in [0.1, 0.15) is 5.56 Å². The van der Waals surface area contributed by atoms with Crippen LogP contribution in [0, 0.1) is 0 Å². The van der Waals surface area contributed by atoms with Crippen LogP contribution in [0.15, 0.2) is 36.9 Å². The zero-order chi connectivity index (χ0) is 13.6. The standard InChI is InChI=1S/C14H20N6/c1-2-14(12-15-3-1)13-19-8-6-18(7-9-19)10-11-20-16-4-5-17-20/h1-5,12H,6-11,13H2. The number of rotatable bonds is 5. The van der Waals surface area contributed by atoms with E-state index in [-0.39, 0.29) is 0 Å². The molecule has 20 heavy (non-hydrogen) atoms. The maximum absolute atomic E-state index is 4.17. The maximum Gasteiger partial charge on any atom is 0.0734 e. The highest BCUT2D eigenvalue weighted by molar-refractivity contribution is 5.08. The van der Waals surface area contributed by atoms with Gasteiger partial charge in [-0.3, -0.25) is 14.8 Å². The van der Waals surface area contributed by atoms with Crippen molar-refractivity contribution in [3.8, 4) is 0 Å². The topological polar surface area (TPSA) is 50.1 Å². The van der Waals surface area contributed by atoms with Crippen molar-refractivity contribution in [1.82, 2.24) is 29.8 Å². The predicted octanol–water partition coefficient (Wildman–Crippen LogP) is 0.491. The lowest BCUT2D eigenvalue weighted by molar-refractivity contribution is 0.122. The Hall–Kier alpha value is -1.79.